The fourth-order valence-electron chi connectivity index (χ4n) is 2.30. The van der Waals surface area contributed by atoms with E-state index in [9.17, 15) is 4.79 Å². The number of thioether (sulfide) groups is 1. The van der Waals surface area contributed by atoms with Crippen LogP contribution in [0.15, 0.2) is 46.9 Å². The molecule has 3 rings (SSSR count). The van der Waals surface area contributed by atoms with Gasteiger partial charge < -0.3 is 9.73 Å². The molecule has 0 spiro atoms. The molecule has 0 atom stereocenters. The quantitative estimate of drug-likeness (QED) is 0.706. The molecular formula is C18H15N3O2S. The number of aryl methyl sites for hydroxylation is 1. The molecule has 0 bridgehead atoms. The lowest BCUT2D eigenvalue weighted by Crippen LogP contribution is -2.13. The van der Waals surface area contributed by atoms with Gasteiger partial charge in [-0.3, -0.25) is 4.79 Å². The lowest BCUT2D eigenvalue weighted by Gasteiger charge is -2.02. The van der Waals surface area contributed by atoms with Gasteiger partial charge in [-0.15, -0.1) is 0 Å². The van der Waals surface area contributed by atoms with E-state index in [1.54, 1.807) is 18.2 Å². The van der Waals surface area contributed by atoms with Gasteiger partial charge in [-0.25, -0.2) is 4.98 Å². The Morgan fingerprint density at radius 1 is 1.29 bits per heavy atom. The Hall–Kier alpha value is -2.78. The van der Waals surface area contributed by atoms with Gasteiger partial charge in [0.1, 0.15) is 10.9 Å². The van der Waals surface area contributed by atoms with Crippen molar-refractivity contribution in [3.63, 3.8) is 0 Å². The highest BCUT2D eigenvalue weighted by Gasteiger charge is 2.10. The van der Waals surface area contributed by atoms with Crippen molar-refractivity contribution in [3.8, 4) is 16.9 Å². The lowest BCUT2D eigenvalue weighted by molar-refractivity contribution is -0.113. The number of hydrogen-bond donors (Lipinski definition) is 1. The molecule has 0 saturated heterocycles. The standard InChI is InChI=1S/C18H15N3O2S/c1-2-12-3-5-13(6-4-12)18-21-15-8-7-14(9-16(15)23-18)20-17(22)10-24-11-19/h3-9H,2,10H2,1H3,(H,20,22). The summed E-state index contributed by atoms with van der Waals surface area (Å²) in [6.07, 6.45) is 0.987. The van der Waals surface area contributed by atoms with Crippen molar-refractivity contribution in [2.45, 2.75) is 13.3 Å². The number of aromatic nitrogens is 1. The number of fused-ring (bicyclic) bond motifs is 1. The third-order valence-electron chi connectivity index (χ3n) is 3.55. The highest BCUT2D eigenvalue weighted by molar-refractivity contribution is 8.04. The number of hydrogen-bond acceptors (Lipinski definition) is 5. The Kier molecular flexibility index (Phi) is 4.82. The minimum atomic E-state index is -0.226. The number of amides is 1. The second kappa shape index (κ2) is 7.20. The van der Waals surface area contributed by atoms with E-state index in [0.29, 0.717) is 17.2 Å². The monoisotopic (exact) mass is 337 g/mol. The van der Waals surface area contributed by atoms with Crippen molar-refractivity contribution < 1.29 is 9.21 Å². The summed E-state index contributed by atoms with van der Waals surface area (Å²) >= 11 is 0.901. The van der Waals surface area contributed by atoms with Crippen molar-refractivity contribution in [1.82, 2.24) is 4.98 Å². The molecule has 0 unspecified atom stereocenters. The highest BCUT2D eigenvalue weighted by atomic mass is 32.2. The Labute approximate surface area is 143 Å². The summed E-state index contributed by atoms with van der Waals surface area (Å²) in [7, 11) is 0. The predicted molar refractivity (Wildman–Crippen MR) is 95.5 cm³/mol. The minimum Gasteiger partial charge on any atom is -0.436 e. The number of rotatable bonds is 5. The van der Waals surface area contributed by atoms with E-state index in [1.165, 1.54) is 5.56 Å². The molecular weight excluding hydrogens is 322 g/mol. The molecule has 1 amide bonds. The van der Waals surface area contributed by atoms with Crippen molar-refractivity contribution >= 4 is 34.5 Å². The molecule has 5 nitrogen and oxygen atoms in total. The van der Waals surface area contributed by atoms with E-state index >= 15 is 0 Å². The number of benzene rings is 2. The number of nitrogens with one attached hydrogen (secondary N) is 1. The Bertz CT molecular complexity index is 910. The van der Waals surface area contributed by atoms with Crippen LogP contribution < -0.4 is 5.32 Å². The van der Waals surface area contributed by atoms with Gasteiger partial charge in [0.15, 0.2) is 5.58 Å². The third-order valence-corrected chi connectivity index (χ3v) is 4.08. The number of oxazole rings is 1. The van der Waals surface area contributed by atoms with E-state index in [2.05, 4.69) is 29.4 Å². The molecule has 0 aliphatic rings. The normalized spacial score (nSPS) is 10.5. The molecule has 1 aromatic heterocycles. The fraction of sp³-hybridized carbons (Fsp3) is 0.167. The maximum atomic E-state index is 11.7. The van der Waals surface area contributed by atoms with E-state index in [4.69, 9.17) is 9.68 Å². The van der Waals surface area contributed by atoms with Gasteiger partial charge in [0.25, 0.3) is 0 Å². The molecule has 0 radical (unpaired) electrons. The lowest BCUT2D eigenvalue weighted by atomic mass is 10.1. The molecule has 6 heteroatoms. The first kappa shape index (κ1) is 16.1. The average Bonchev–Trinajstić information content (AvgIpc) is 3.03. The Morgan fingerprint density at radius 2 is 2.08 bits per heavy atom. The molecule has 0 aliphatic carbocycles. The van der Waals surface area contributed by atoms with Crippen molar-refractivity contribution in [1.29, 1.82) is 5.26 Å². The first-order valence-electron chi connectivity index (χ1n) is 7.50. The summed E-state index contributed by atoms with van der Waals surface area (Å²) in [6, 6.07) is 13.4. The molecule has 3 aromatic rings. The smallest absolute Gasteiger partial charge is 0.235 e. The zero-order valence-electron chi connectivity index (χ0n) is 13.1. The number of anilines is 1. The van der Waals surface area contributed by atoms with Crippen LogP contribution in [0.3, 0.4) is 0 Å². The van der Waals surface area contributed by atoms with Gasteiger partial charge in [-0.1, -0.05) is 19.1 Å². The summed E-state index contributed by atoms with van der Waals surface area (Å²) in [5.41, 5.74) is 4.13. The van der Waals surface area contributed by atoms with Gasteiger partial charge in [0.2, 0.25) is 11.8 Å². The van der Waals surface area contributed by atoms with Crippen LogP contribution in [0.25, 0.3) is 22.6 Å². The van der Waals surface area contributed by atoms with Crippen LogP contribution in [0.5, 0.6) is 0 Å². The number of carbonyl (C=O) groups is 1. The first-order chi connectivity index (χ1) is 11.7. The van der Waals surface area contributed by atoms with E-state index in [1.807, 2.05) is 17.5 Å². The summed E-state index contributed by atoms with van der Waals surface area (Å²) in [6.45, 7) is 2.11. The summed E-state index contributed by atoms with van der Waals surface area (Å²) in [5.74, 6) is 0.423. The number of nitrogens with zero attached hydrogens (tertiary/aromatic N) is 2. The van der Waals surface area contributed by atoms with E-state index in [-0.39, 0.29) is 11.7 Å². The predicted octanol–water partition coefficient (Wildman–Crippen LogP) is 4.21. The maximum Gasteiger partial charge on any atom is 0.235 e. The first-order valence-corrected chi connectivity index (χ1v) is 8.49. The van der Waals surface area contributed by atoms with Crippen molar-refractivity contribution in [2.75, 3.05) is 11.1 Å². The van der Waals surface area contributed by atoms with Crippen LogP contribution >= 0.6 is 11.8 Å². The third kappa shape index (κ3) is 3.58. The number of carbonyl (C=O) groups excluding carboxylic acids is 1. The number of nitriles is 1. The van der Waals surface area contributed by atoms with Crippen molar-refractivity contribution in [3.05, 3.63) is 48.0 Å². The SMILES string of the molecule is CCc1ccc(-c2nc3ccc(NC(=O)CSC#N)cc3o2)cc1. The largest absolute Gasteiger partial charge is 0.436 e. The molecule has 0 fully saturated rings. The van der Waals surface area contributed by atoms with Crippen LogP contribution in [-0.2, 0) is 11.2 Å². The van der Waals surface area contributed by atoms with Gasteiger partial charge in [-0.05, 0) is 48.0 Å². The Balaban J connectivity index is 1.83. The summed E-state index contributed by atoms with van der Waals surface area (Å²) in [5, 5.41) is 13.1. The molecule has 1 N–H and O–H groups in total. The van der Waals surface area contributed by atoms with Crippen LogP contribution in [0.1, 0.15) is 12.5 Å². The van der Waals surface area contributed by atoms with Gasteiger partial charge in [0.05, 0.1) is 5.75 Å². The van der Waals surface area contributed by atoms with Crippen LogP contribution in [-0.4, -0.2) is 16.6 Å². The van der Waals surface area contributed by atoms with Crippen molar-refractivity contribution in [2.24, 2.45) is 0 Å². The topological polar surface area (TPSA) is 78.9 Å². The van der Waals surface area contributed by atoms with Gasteiger partial charge >= 0.3 is 0 Å². The Morgan fingerprint density at radius 3 is 2.79 bits per heavy atom. The highest BCUT2D eigenvalue weighted by Crippen LogP contribution is 2.26. The molecule has 0 aliphatic heterocycles. The summed E-state index contributed by atoms with van der Waals surface area (Å²) in [4.78, 5) is 16.1. The second-order valence-corrected chi connectivity index (χ2v) is 5.94. The van der Waals surface area contributed by atoms with E-state index < -0.39 is 0 Å². The molecule has 0 saturated carbocycles. The molecule has 24 heavy (non-hydrogen) atoms. The number of thiocyanates is 1. The molecule has 1 heterocycles. The summed E-state index contributed by atoms with van der Waals surface area (Å²) < 4.78 is 5.81. The van der Waals surface area contributed by atoms with E-state index in [0.717, 1.165) is 29.3 Å². The van der Waals surface area contributed by atoms with Crippen LogP contribution in [0.4, 0.5) is 5.69 Å². The zero-order valence-corrected chi connectivity index (χ0v) is 13.9. The van der Waals surface area contributed by atoms with Crippen LogP contribution in [0.2, 0.25) is 0 Å². The minimum absolute atomic E-state index is 0.0972. The zero-order chi connectivity index (χ0) is 16.9. The van der Waals surface area contributed by atoms with Crippen LogP contribution in [0, 0.1) is 10.7 Å². The average molecular weight is 337 g/mol. The van der Waals surface area contributed by atoms with Gasteiger partial charge in [0, 0.05) is 17.3 Å². The molecule has 120 valence electrons. The maximum absolute atomic E-state index is 11.7. The fourth-order valence-corrected chi connectivity index (χ4v) is 2.57. The van der Waals surface area contributed by atoms with Gasteiger partial charge in [-0.2, -0.15) is 5.26 Å². The second-order valence-electron chi connectivity index (χ2n) is 5.18. The molecule has 2 aromatic carbocycles.